The van der Waals surface area contributed by atoms with Crippen molar-refractivity contribution in [2.24, 2.45) is 0 Å². The Morgan fingerprint density at radius 2 is 1.62 bits per heavy atom. The molecule has 0 aliphatic heterocycles. The van der Waals surface area contributed by atoms with Crippen molar-refractivity contribution in [3.05, 3.63) is 29.8 Å². The Balaban J connectivity index is 0. The number of hydrogen-bond donors (Lipinski definition) is 0. The normalized spacial score (nSPS) is 11.0. The van der Waals surface area contributed by atoms with Gasteiger partial charge in [-0.15, -0.1) is 34.1 Å². The fourth-order valence-corrected chi connectivity index (χ4v) is 1.25. The van der Waals surface area contributed by atoms with Crippen molar-refractivity contribution in [3.8, 4) is 0 Å². The van der Waals surface area contributed by atoms with E-state index in [0.717, 1.165) is 0 Å². The fraction of sp³-hybridized carbons (Fsp3) is 0.400. The van der Waals surface area contributed by atoms with Crippen LogP contribution < -0.4 is 5.30 Å². The number of benzene rings is 1. The smallest absolute Gasteiger partial charge is 0.0193 e. The second kappa shape index (κ2) is 7.62. The minimum atomic E-state index is 0. The van der Waals surface area contributed by atoms with E-state index in [-0.39, 0.29) is 24.8 Å². The zero-order chi connectivity index (χ0) is 8.27. The zero-order valence-electron chi connectivity index (χ0n) is 7.99. The predicted octanol–water partition coefficient (Wildman–Crippen LogP) is 3.54. The van der Waals surface area contributed by atoms with Crippen LogP contribution in [0.25, 0.3) is 0 Å². The van der Waals surface area contributed by atoms with Crippen molar-refractivity contribution in [3.63, 3.8) is 0 Å². The Hall–Kier alpha value is 0.230. The molecule has 0 heterocycles. The summed E-state index contributed by atoms with van der Waals surface area (Å²) in [5, 5.41) is 1.26. The van der Waals surface area contributed by atoms with Gasteiger partial charge in [0.15, 0.2) is 0 Å². The van der Waals surface area contributed by atoms with E-state index in [1.54, 1.807) is 0 Å². The largest absolute Gasteiger partial charge is 0.147 e. The predicted molar refractivity (Wildman–Crippen MR) is 69.0 cm³/mol. The van der Waals surface area contributed by atoms with Crippen LogP contribution in [0.5, 0.6) is 0 Å². The molecule has 13 heavy (non-hydrogen) atoms. The van der Waals surface area contributed by atoms with Gasteiger partial charge in [-0.1, -0.05) is 38.1 Å². The highest BCUT2D eigenvalue weighted by molar-refractivity contribution is 7.27. The Bertz CT molecular complexity index is 221. The third kappa shape index (κ3) is 4.86. The maximum Gasteiger partial charge on any atom is -0.0193 e. The molecule has 0 aliphatic carbocycles. The summed E-state index contributed by atoms with van der Waals surface area (Å²) in [6.07, 6.45) is 1.22. The van der Waals surface area contributed by atoms with Gasteiger partial charge in [0.05, 0.1) is 0 Å². The molecule has 0 spiro atoms. The molecule has 1 rings (SSSR count). The minimum absolute atomic E-state index is 0. The van der Waals surface area contributed by atoms with Gasteiger partial charge in [-0.3, -0.25) is 0 Å². The van der Waals surface area contributed by atoms with E-state index in [2.05, 4.69) is 47.4 Å². The summed E-state index contributed by atoms with van der Waals surface area (Å²) in [4.78, 5) is 0. The molecule has 0 aliphatic rings. The second-order valence-electron chi connectivity index (χ2n) is 2.98. The van der Waals surface area contributed by atoms with Crippen LogP contribution in [0.4, 0.5) is 0 Å². The van der Waals surface area contributed by atoms with E-state index in [0.29, 0.717) is 5.92 Å². The standard InChI is InChI=1S/C10H15P.2ClH/c1-3-8(2)9-4-6-10(11)7-5-9;;/h4-8H,3,11H2,1-2H3;2*1H. The number of rotatable bonds is 2. The van der Waals surface area contributed by atoms with Crippen molar-refractivity contribution in [2.75, 3.05) is 0 Å². The average molecular weight is 239 g/mol. The van der Waals surface area contributed by atoms with E-state index in [9.17, 15) is 0 Å². The van der Waals surface area contributed by atoms with Gasteiger partial charge in [-0.25, -0.2) is 0 Å². The summed E-state index contributed by atoms with van der Waals surface area (Å²) >= 11 is 0. The summed E-state index contributed by atoms with van der Waals surface area (Å²) in [6.45, 7) is 4.48. The topological polar surface area (TPSA) is 0 Å². The van der Waals surface area contributed by atoms with E-state index in [1.807, 2.05) is 0 Å². The molecular formula is C10H17Cl2P. The number of hydrogen-bond acceptors (Lipinski definition) is 0. The van der Waals surface area contributed by atoms with Gasteiger partial charge in [0.25, 0.3) is 0 Å². The first-order chi connectivity index (χ1) is 5.24. The summed E-state index contributed by atoms with van der Waals surface area (Å²) in [5.74, 6) is 0.695. The molecule has 0 saturated heterocycles. The van der Waals surface area contributed by atoms with Crippen LogP contribution in [0.15, 0.2) is 24.3 Å². The van der Waals surface area contributed by atoms with Crippen molar-refractivity contribution in [1.82, 2.24) is 0 Å². The summed E-state index contributed by atoms with van der Waals surface area (Å²) in [5.41, 5.74) is 1.44. The highest BCUT2D eigenvalue weighted by Gasteiger charge is 2.00. The van der Waals surface area contributed by atoms with E-state index in [1.165, 1.54) is 17.3 Å². The van der Waals surface area contributed by atoms with Crippen molar-refractivity contribution >= 4 is 39.4 Å². The van der Waals surface area contributed by atoms with Gasteiger partial charge < -0.3 is 0 Å². The molecule has 0 radical (unpaired) electrons. The van der Waals surface area contributed by atoms with Gasteiger partial charge >= 0.3 is 0 Å². The first-order valence-electron chi connectivity index (χ1n) is 4.09. The fourth-order valence-electron chi connectivity index (χ4n) is 1.06. The molecule has 1 aromatic carbocycles. The molecule has 0 N–H and O–H groups in total. The number of halogens is 2. The van der Waals surface area contributed by atoms with E-state index >= 15 is 0 Å². The van der Waals surface area contributed by atoms with Gasteiger partial charge in [0.1, 0.15) is 0 Å². The van der Waals surface area contributed by atoms with Crippen molar-refractivity contribution in [1.29, 1.82) is 0 Å². The van der Waals surface area contributed by atoms with E-state index in [4.69, 9.17) is 0 Å². The van der Waals surface area contributed by atoms with Gasteiger partial charge in [-0.05, 0) is 23.2 Å². The van der Waals surface area contributed by atoms with Crippen LogP contribution in [0.3, 0.4) is 0 Å². The Morgan fingerprint density at radius 1 is 1.15 bits per heavy atom. The SMILES string of the molecule is CCC(C)c1ccc(P)cc1.Cl.Cl. The summed E-state index contributed by atoms with van der Waals surface area (Å²) in [7, 11) is 2.70. The van der Waals surface area contributed by atoms with Crippen molar-refractivity contribution in [2.45, 2.75) is 26.2 Å². The molecule has 2 atom stereocenters. The molecule has 0 aromatic heterocycles. The maximum atomic E-state index is 2.70. The monoisotopic (exact) mass is 238 g/mol. The minimum Gasteiger partial charge on any atom is -0.147 e. The molecule has 0 saturated carbocycles. The summed E-state index contributed by atoms with van der Waals surface area (Å²) in [6, 6.07) is 8.70. The van der Waals surface area contributed by atoms with Gasteiger partial charge in [0.2, 0.25) is 0 Å². The lowest BCUT2D eigenvalue weighted by molar-refractivity contribution is 0.734. The van der Waals surface area contributed by atoms with Crippen LogP contribution in [0.2, 0.25) is 0 Å². The molecule has 0 fully saturated rings. The molecule has 0 bridgehead atoms. The molecule has 0 amide bonds. The highest BCUT2D eigenvalue weighted by atomic mass is 35.5. The van der Waals surface area contributed by atoms with Crippen LogP contribution >= 0.6 is 34.1 Å². The highest BCUT2D eigenvalue weighted by Crippen LogP contribution is 2.16. The molecule has 2 unspecified atom stereocenters. The summed E-state index contributed by atoms with van der Waals surface area (Å²) < 4.78 is 0. The first kappa shape index (κ1) is 15.7. The zero-order valence-corrected chi connectivity index (χ0v) is 10.8. The lowest BCUT2D eigenvalue weighted by Gasteiger charge is -2.07. The van der Waals surface area contributed by atoms with Crippen molar-refractivity contribution < 1.29 is 0 Å². The average Bonchev–Trinajstić information content (AvgIpc) is 2.05. The quantitative estimate of drug-likeness (QED) is 0.692. The molecular weight excluding hydrogens is 222 g/mol. The Morgan fingerprint density at radius 3 is 2.00 bits per heavy atom. The van der Waals surface area contributed by atoms with Crippen LogP contribution in [-0.4, -0.2) is 0 Å². The third-order valence-corrected chi connectivity index (χ3v) is 2.50. The van der Waals surface area contributed by atoms with Crippen LogP contribution in [0, 0.1) is 0 Å². The lowest BCUT2D eigenvalue weighted by atomic mass is 9.99. The van der Waals surface area contributed by atoms with Crippen LogP contribution in [0.1, 0.15) is 31.7 Å². The van der Waals surface area contributed by atoms with E-state index < -0.39 is 0 Å². The Kier molecular flexibility index (Phi) is 9.19. The molecule has 76 valence electrons. The molecule has 0 nitrogen and oxygen atoms in total. The third-order valence-electron chi connectivity index (χ3n) is 2.12. The van der Waals surface area contributed by atoms with Gasteiger partial charge in [-0.2, -0.15) is 0 Å². The maximum absolute atomic E-state index is 2.70. The van der Waals surface area contributed by atoms with Gasteiger partial charge in [0, 0.05) is 0 Å². The second-order valence-corrected chi connectivity index (χ2v) is 3.64. The van der Waals surface area contributed by atoms with Crippen LogP contribution in [-0.2, 0) is 0 Å². The molecule has 3 heteroatoms. The molecule has 1 aromatic rings. The Labute approximate surface area is 95.5 Å². The lowest BCUT2D eigenvalue weighted by Crippen LogP contribution is -1.94. The first-order valence-corrected chi connectivity index (χ1v) is 4.67.